The number of pyridine rings is 1. The van der Waals surface area contributed by atoms with E-state index in [0.717, 1.165) is 39.8 Å². The Bertz CT molecular complexity index is 1620. The van der Waals surface area contributed by atoms with Crippen LogP contribution < -0.4 is 15.0 Å². The average molecular weight is 535 g/mol. The minimum atomic E-state index is -0.266. The third kappa shape index (κ3) is 4.66. The van der Waals surface area contributed by atoms with E-state index in [1.807, 2.05) is 97.3 Å². The molecule has 6 rings (SSSR count). The zero-order chi connectivity index (χ0) is 26.9. The molecular weight excluding hydrogens is 507 g/mol. The summed E-state index contributed by atoms with van der Waals surface area (Å²) >= 11 is 5.90. The second-order valence-electron chi connectivity index (χ2n) is 9.52. The molecule has 0 unspecified atom stereocenters. The highest BCUT2D eigenvalue weighted by molar-refractivity contribution is 7.80. The van der Waals surface area contributed by atoms with Crippen LogP contribution in [0.25, 0.3) is 5.69 Å². The number of aryl methyl sites for hydroxylation is 1. The van der Waals surface area contributed by atoms with Gasteiger partial charge in [-0.25, -0.2) is 4.39 Å². The molecule has 0 saturated carbocycles. The first-order valence-electron chi connectivity index (χ1n) is 12.8. The minimum Gasteiger partial charge on any atom is -0.457 e. The van der Waals surface area contributed by atoms with Crippen molar-refractivity contribution in [3.63, 3.8) is 0 Å². The van der Waals surface area contributed by atoms with Crippen molar-refractivity contribution >= 4 is 23.0 Å². The van der Waals surface area contributed by atoms with Crippen molar-refractivity contribution in [2.45, 2.75) is 25.9 Å². The number of ether oxygens (including phenoxy) is 1. The van der Waals surface area contributed by atoms with Gasteiger partial charge >= 0.3 is 0 Å². The number of nitrogens with zero attached hydrogens (tertiary/aromatic N) is 3. The highest BCUT2D eigenvalue weighted by Gasteiger charge is 2.42. The first kappa shape index (κ1) is 24.8. The van der Waals surface area contributed by atoms with Crippen LogP contribution in [0.15, 0.2) is 109 Å². The number of halogens is 1. The third-order valence-electron chi connectivity index (χ3n) is 7.07. The van der Waals surface area contributed by atoms with Gasteiger partial charge in [-0.15, -0.1) is 0 Å². The van der Waals surface area contributed by atoms with Gasteiger partial charge in [0, 0.05) is 23.3 Å². The second kappa shape index (κ2) is 10.3. The van der Waals surface area contributed by atoms with Gasteiger partial charge in [0.15, 0.2) is 5.11 Å². The van der Waals surface area contributed by atoms with Crippen LogP contribution in [0.3, 0.4) is 0 Å². The second-order valence-corrected chi connectivity index (χ2v) is 9.91. The van der Waals surface area contributed by atoms with Crippen molar-refractivity contribution in [3.05, 3.63) is 138 Å². The number of thiocarbonyl (C=S) groups is 1. The van der Waals surface area contributed by atoms with E-state index in [0.29, 0.717) is 10.8 Å². The van der Waals surface area contributed by atoms with E-state index < -0.39 is 0 Å². The summed E-state index contributed by atoms with van der Waals surface area (Å²) in [6.07, 6.45) is 1.79. The van der Waals surface area contributed by atoms with Crippen molar-refractivity contribution < 1.29 is 9.13 Å². The van der Waals surface area contributed by atoms with Gasteiger partial charge in [0.1, 0.15) is 17.3 Å². The minimum absolute atomic E-state index is 0.200. The molecule has 3 aromatic carbocycles. The first-order chi connectivity index (χ1) is 19.0. The fourth-order valence-corrected chi connectivity index (χ4v) is 5.69. The molecule has 0 amide bonds. The third-order valence-corrected chi connectivity index (χ3v) is 7.39. The zero-order valence-corrected chi connectivity index (χ0v) is 22.4. The highest BCUT2D eigenvalue weighted by atomic mass is 32.1. The van der Waals surface area contributed by atoms with Gasteiger partial charge in [0.25, 0.3) is 0 Å². The van der Waals surface area contributed by atoms with E-state index in [1.54, 1.807) is 18.3 Å². The Morgan fingerprint density at radius 2 is 1.54 bits per heavy atom. The van der Waals surface area contributed by atoms with Crippen LogP contribution in [-0.4, -0.2) is 14.7 Å². The molecule has 194 valence electrons. The number of benzene rings is 3. The van der Waals surface area contributed by atoms with E-state index >= 15 is 0 Å². The summed E-state index contributed by atoms with van der Waals surface area (Å²) in [7, 11) is 0. The lowest BCUT2D eigenvalue weighted by atomic mass is 9.96. The topological polar surface area (TPSA) is 42.3 Å². The number of aromatic nitrogens is 2. The van der Waals surface area contributed by atoms with Crippen molar-refractivity contribution in [2.75, 3.05) is 4.90 Å². The van der Waals surface area contributed by atoms with Crippen LogP contribution in [0.2, 0.25) is 0 Å². The Balaban J connectivity index is 1.43. The molecule has 0 bridgehead atoms. The first-order valence-corrected chi connectivity index (χ1v) is 13.2. The summed E-state index contributed by atoms with van der Waals surface area (Å²) in [5, 5.41) is 4.11. The van der Waals surface area contributed by atoms with Crippen molar-refractivity contribution in [3.8, 4) is 17.2 Å². The van der Waals surface area contributed by atoms with Crippen LogP contribution >= 0.6 is 12.2 Å². The molecule has 3 heterocycles. The van der Waals surface area contributed by atoms with Gasteiger partial charge in [0.2, 0.25) is 0 Å². The average Bonchev–Trinajstić information content (AvgIpc) is 3.45. The summed E-state index contributed by atoms with van der Waals surface area (Å²) in [6, 6.07) is 32.0. The zero-order valence-electron chi connectivity index (χ0n) is 21.6. The standard InChI is InChI=1S/C32H27FN4OS/c1-21-20-26(22(2)36(21)29-14-7-6-12-27(29)33)31-30(28-13-8-9-19-34-28)35-32(39)37(31)23-15-17-25(18-16-23)38-24-10-4-3-5-11-24/h3-20,30-31H,1-2H3,(H,35,39)/t30-,31-/m0/s1. The van der Waals surface area contributed by atoms with Gasteiger partial charge < -0.3 is 19.5 Å². The van der Waals surface area contributed by atoms with Gasteiger partial charge in [0.05, 0.1) is 23.5 Å². The van der Waals surface area contributed by atoms with Gasteiger partial charge in [-0.3, -0.25) is 4.98 Å². The summed E-state index contributed by atoms with van der Waals surface area (Å²) in [4.78, 5) is 6.78. The molecule has 0 spiro atoms. The number of nitrogens with one attached hydrogen (secondary N) is 1. The van der Waals surface area contributed by atoms with Gasteiger partial charge in [-0.05, 0) is 98.4 Å². The molecule has 0 radical (unpaired) electrons. The van der Waals surface area contributed by atoms with E-state index in [4.69, 9.17) is 17.0 Å². The predicted molar refractivity (Wildman–Crippen MR) is 156 cm³/mol. The SMILES string of the molecule is Cc1cc([C@H]2[C@H](c3ccccn3)NC(=S)N2c2ccc(Oc3ccccc3)cc2)c(C)n1-c1ccccc1F. The predicted octanol–water partition coefficient (Wildman–Crippen LogP) is 7.60. The lowest BCUT2D eigenvalue weighted by molar-refractivity contribution is 0.482. The molecule has 1 fully saturated rings. The Labute approximate surface area is 232 Å². The molecular formula is C32H27FN4OS. The molecule has 39 heavy (non-hydrogen) atoms. The van der Waals surface area contributed by atoms with Crippen LogP contribution in [-0.2, 0) is 0 Å². The summed E-state index contributed by atoms with van der Waals surface area (Å²) < 4.78 is 22.9. The maximum Gasteiger partial charge on any atom is 0.174 e. The number of hydrogen-bond donors (Lipinski definition) is 1. The molecule has 2 atom stereocenters. The Morgan fingerprint density at radius 1 is 0.846 bits per heavy atom. The molecule has 5 aromatic rings. The molecule has 1 saturated heterocycles. The van der Waals surface area contributed by atoms with Crippen LogP contribution in [0.4, 0.5) is 10.1 Å². The van der Waals surface area contributed by atoms with E-state index in [-0.39, 0.29) is 17.9 Å². The largest absolute Gasteiger partial charge is 0.457 e. The van der Waals surface area contributed by atoms with Crippen molar-refractivity contribution in [2.24, 2.45) is 0 Å². The number of para-hydroxylation sites is 2. The van der Waals surface area contributed by atoms with Gasteiger partial charge in [-0.1, -0.05) is 36.4 Å². The van der Waals surface area contributed by atoms with E-state index in [9.17, 15) is 4.39 Å². The van der Waals surface area contributed by atoms with Crippen molar-refractivity contribution in [1.82, 2.24) is 14.9 Å². The Hall–Kier alpha value is -4.49. The number of anilines is 1. The molecule has 1 aliphatic rings. The van der Waals surface area contributed by atoms with Crippen LogP contribution in [0.1, 0.15) is 34.7 Å². The molecule has 2 aromatic heterocycles. The fraction of sp³-hybridized carbons (Fsp3) is 0.125. The summed E-state index contributed by atoms with van der Waals surface area (Å²) in [5.41, 5.74) is 5.26. The summed E-state index contributed by atoms with van der Waals surface area (Å²) in [5.74, 6) is 1.24. The maximum atomic E-state index is 14.9. The molecule has 7 heteroatoms. The summed E-state index contributed by atoms with van der Waals surface area (Å²) in [6.45, 7) is 4.03. The number of rotatable bonds is 6. The van der Waals surface area contributed by atoms with Crippen molar-refractivity contribution in [1.29, 1.82) is 0 Å². The Morgan fingerprint density at radius 3 is 2.26 bits per heavy atom. The molecule has 1 N–H and O–H groups in total. The molecule has 5 nitrogen and oxygen atoms in total. The van der Waals surface area contributed by atoms with E-state index in [1.165, 1.54) is 6.07 Å². The van der Waals surface area contributed by atoms with E-state index in [2.05, 4.69) is 21.3 Å². The lowest BCUT2D eigenvalue weighted by Gasteiger charge is -2.28. The number of hydrogen-bond acceptors (Lipinski definition) is 3. The normalized spacial score (nSPS) is 16.8. The fourth-order valence-electron chi connectivity index (χ4n) is 5.34. The van der Waals surface area contributed by atoms with Crippen LogP contribution in [0, 0.1) is 19.7 Å². The van der Waals surface area contributed by atoms with Gasteiger partial charge in [-0.2, -0.15) is 0 Å². The van der Waals surface area contributed by atoms with Crippen LogP contribution in [0.5, 0.6) is 11.5 Å². The molecule has 1 aliphatic heterocycles. The maximum absolute atomic E-state index is 14.9. The monoisotopic (exact) mass is 534 g/mol. The highest BCUT2D eigenvalue weighted by Crippen LogP contribution is 2.44. The Kier molecular flexibility index (Phi) is 6.59. The lowest BCUT2D eigenvalue weighted by Crippen LogP contribution is -2.29. The smallest absolute Gasteiger partial charge is 0.174 e. The quantitative estimate of drug-likeness (QED) is 0.227. The molecule has 0 aliphatic carbocycles.